The molecule has 124 valence electrons. The summed E-state index contributed by atoms with van der Waals surface area (Å²) in [6.45, 7) is 0. The number of benzene rings is 1. The molecule has 1 aromatic carbocycles. The molecule has 0 unspecified atom stereocenters. The molecular weight excluding hydrogens is 399 g/mol. The largest absolute Gasteiger partial charge is 0.417 e. The van der Waals surface area contributed by atoms with Crippen LogP contribution in [-0.2, 0) is 11.0 Å². The number of hydrogen-bond acceptors (Lipinski definition) is 4. The molecule has 1 aliphatic rings. The molecule has 9 heteroatoms. The van der Waals surface area contributed by atoms with Gasteiger partial charge in [0.1, 0.15) is 4.32 Å². The van der Waals surface area contributed by atoms with E-state index in [1.165, 1.54) is 35.2 Å². The van der Waals surface area contributed by atoms with Crippen molar-refractivity contribution >= 4 is 63.2 Å². The summed E-state index contributed by atoms with van der Waals surface area (Å²) in [4.78, 5) is 12.9. The van der Waals surface area contributed by atoms with Gasteiger partial charge >= 0.3 is 6.18 Å². The summed E-state index contributed by atoms with van der Waals surface area (Å²) < 4.78 is 38.6. The summed E-state index contributed by atoms with van der Waals surface area (Å²) in [6, 6.07) is 5.41. The van der Waals surface area contributed by atoms with Crippen LogP contribution in [0.15, 0.2) is 34.6 Å². The van der Waals surface area contributed by atoms with Crippen LogP contribution in [0.4, 0.5) is 13.2 Å². The summed E-state index contributed by atoms with van der Waals surface area (Å²) in [6.07, 6.45) is -2.79. The molecule has 1 fully saturated rings. The van der Waals surface area contributed by atoms with E-state index in [0.29, 0.717) is 14.8 Å². The number of halogens is 4. The Labute approximate surface area is 153 Å². The van der Waals surface area contributed by atoms with E-state index in [2.05, 4.69) is 5.32 Å². The number of thiocarbonyl (C=S) groups is 1. The first-order chi connectivity index (χ1) is 11.2. The van der Waals surface area contributed by atoms with Crippen molar-refractivity contribution in [1.29, 1.82) is 0 Å². The molecular formula is C15H7ClF3NOS3. The van der Waals surface area contributed by atoms with Crippen molar-refractivity contribution in [3.8, 4) is 11.1 Å². The van der Waals surface area contributed by atoms with Gasteiger partial charge in [0.2, 0.25) is 0 Å². The first-order valence-corrected chi connectivity index (χ1v) is 8.93. The maximum absolute atomic E-state index is 12.7. The van der Waals surface area contributed by atoms with Crippen LogP contribution >= 0.6 is 46.9 Å². The van der Waals surface area contributed by atoms with Gasteiger partial charge in [-0.05, 0) is 40.8 Å². The predicted octanol–water partition coefficient (Wildman–Crippen LogP) is 5.58. The first-order valence-electron chi connectivity index (χ1n) is 6.44. The van der Waals surface area contributed by atoms with E-state index in [9.17, 15) is 18.0 Å². The minimum absolute atomic E-state index is 0.252. The van der Waals surface area contributed by atoms with Gasteiger partial charge in [-0.1, -0.05) is 41.6 Å². The number of rotatable bonds is 2. The number of hydrogen-bond donors (Lipinski definition) is 1. The zero-order valence-corrected chi connectivity index (χ0v) is 14.8. The van der Waals surface area contributed by atoms with E-state index in [1.54, 1.807) is 17.5 Å². The van der Waals surface area contributed by atoms with Crippen LogP contribution in [0, 0.1) is 0 Å². The van der Waals surface area contributed by atoms with Crippen molar-refractivity contribution in [3.63, 3.8) is 0 Å². The lowest BCUT2D eigenvalue weighted by Crippen LogP contribution is -2.17. The average Bonchev–Trinajstić information content (AvgIpc) is 3.05. The molecule has 1 N–H and O–H groups in total. The second kappa shape index (κ2) is 6.51. The maximum atomic E-state index is 12.7. The summed E-state index contributed by atoms with van der Waals surface area (Å²) in [5, 5.41) is 3.97. The van der Waals surface area contributed by atoms with Crippen molar-refractivity contribution in [2.24, 2.45) is 0 Å². The van der Waals surface area contributed by atoms with Gasteiger partial charge in [0.25, 0.3) is 5.91 Å². The molecule has 1 saturated heterocycles. The van der Waals surface area contributed by atoms with Gasteiger partial charge in [-0.15, -0.1) is 11.3 Å². The van der Waals surface area contributed by atoms with Crippen LogP contribution in [-0.4, -0.2) is 10.2 Å². The van der Waals surface area contributed by atoms with Gasteiger partial charge in [-0.2, -0.15) is 13.2 Å². The van der Waals surface area contributed by atoms with Crippen molar-refractivity contribution in [1.82, 2.24) is 5.32 Å². The molecule has 2 heterocycles. The van der Waals surface area contributed by atoms with Crippen molar-refractivity contribution < 1.29 is 18.0 Å². The molecule has 2 nitrogen and oxygen atoms in total. The van der Waals surface area contributed by atoms with E-state index >= 15 is 0 Å². The Kier molecular flexibility index (Phi) is 4.74. The zero-order chi connectivity index (χ0) is 17.5. The smallest absolute Gasteiger partial charge is 0.307 e. The number of thioether (sulfide) groups is 1. The van der Waals surface area contributed by atoms with Crippen LogP contribution in [0.2, 0.25) is 5.02 Å². The topological polar surface area (TPSA) is 29.1 Å². The maximum Gasteiger partial charge on any atom is 0.417 e. The quantitative estimate of drug-likeness (QED) is 0.522. The van der Waals surface area contributed by atoms with Gasteiger partial charge in [-0.25, -0.2) is 0 Å². The Bertz CT molecular complexity index is 873. The number of carbonyl (C=O) groups excluding carboxylic acids is 1. The van der Waals surface area contributed by atoms with Crippen molar-refractivity contribution in [2.75, 3.05) is 0 Å². The molecule has 3 rings (SSSR count). The van der Waals surface area contributed by atoms with Crippen molar-refractivity contribution in [2.45, 2.75) is 6.18 Å². The second-order valence-electron chi connectivity index (χ2n) is 4.78. The number of thiophene rings is 1. The highest BCUT2D eigenvalue weighted by Gasteiger charge is 2.33. The molecule has 0 atom stereocenters. The van der Waals surface area contributed by atoms with Gasteiger partial charge < -0.3 is 5.32 Å². The predicted molar refractivity (Wildman–Crippen MR) is 96.1 cm³/mol. The van der Waals surface area contributed by atoms with Crippen LogP contribution in [0.5, 0.6) is 0 Å². The lowest BCUT2D eigenvalue weighted by Gasteiger charge is -2.09. The van der Waals surface area contributed by atoms with Gasteiger partial charge in [-0.3, -0.25) is 4.79 Å². The number of nitrogens with one attached hydrogen (secondary N) is 1. The summed E-state index contributed by atoms with van der Waals surface area (Å²) in [5.74, 6) is -0.252. The molecule has 0 saturated carbocycles. The van der Waals surface area contributed by atoms with Crippen molar-refractivity contribution in [3.05, 3.63) is 50.0 Å². The molecule has 0 aliphatic carbocycles. The molecule has 2 aromatic rings. The third-order valence-electron chi connectivity index (χ3n) is 3.14. The van der Waals surface area contributed by atoms with Crippen LogP contribution in [0.25, 0.3) is 17.2 Å². The molecule has 1 aliphatic heterocycles. The van der Waals surface area contributed by atoms with E-state index in [4.69, 9.17) is 23.8 Å². The fourth-order valence-corrected chi connectivity index (χ4v) is 4.30. The first kappa shape index (κ1) is 17.5. The van der Waals surface area contributed by atoms with Crippen LogP contribution in [0.3, 0.4) is 0 Å². The molecule has 0 spiro atoms. The van der Waals surface area contributed by atoms with E-state index in [-0.39, 0.29) is 10.9 Å². The van der Waals surface area contributed by atoms with Gasteiger partial charge in [0.15, 0.2) is 0 Å². The Balaban J connectivity index is 1.89. The normalized spacial score (nSPS) is 16.8. The SMILES string of the molecule is O=C1NC(=S)S/C1=C\c1cc(-c2ccc(C(F)(F)F)c(Cl)c2)cs1. The Morgan fingerprint density at radius 2 is 1.96 bits per heavy atom. The van der Waals surface area contributed by atoms with Gasteiger partial charge in [0.05, 0.1) is 15.5 Å². The van der Waals surface area contributed by atoms with E-state index in [1.807, 2.05) is 0 Å². The standard InChI is InChI=1S/C15H7ClF3NOS3/c16-11-4-7(1-2-10(11)15(17,18)19)8-3-9(23-6-8)5-12-13(21)20-14(22)24-12/h1-6H,(H,20,21,22)/b12-5-. The third kappa shape index (κ3) is 3.66. The third-order valence-corrected chi connectivity index (χ3v) is 5.50. The zero-order valence-electron chi connectivity index (χ0n) is 11.6. The van der Waals surface area contributed by atoms with Crippen LogP contribution in [0.1, 0.15) is 10.4 Å². The monoisotopic (exact) mass is 405 g/mol. The fourth-order valence-electron chi connectivity index (χ4n) is 2.05. The Morgan fingerprint density at radius 3 is 2.54 bits per heavy atom. The van der Waals surface area contributed by atoms with Crippen LogP contribution < -0.4 is 5.32 Å². The summed E-state index contributed by atoms with van der Waals surface area (Å²) >= 11 is 13.2. The number of alkyl halides is 3. The summed E-state index contributed by atoms with van der Waals surface area (Å²) in [7, 11) is 0. The molecule has 0 bridgehead atoms. The summed E-state index contributed by atoms with van der Waals surface area (Å²) in [5.41, 5.74) is 0.444. The molecule has 1 aromatic heterocycles. The van der Waals surface area contributed by atoms with E-state index in [0.717, 1.165) is 16.5 Å². The highest BCUT2D eigenvalue weighted by molar-refractivity contribution is 8.26. The van der Waals surface area contributed by atoms with E-state index < -0.39 is 11.7 Å². The average molecular weight is 406 g/mol. The lowest BCUT2D eigenvalue weighted by molar-refractivity contribution is -0.137. The minimum atomic E-state index is -4.48. The van der Waals surface area contributed by atoms with Gasteiger partial charge in [0, 0.05) is 4.88 Å². The highest BCUT2D eigenvalue weighted by atomic mass is 35.5. The lowest BCUT2D eigenvalue weighted by atomic mass is 10.1. The Morgan fingerprint density at radius 1 is 1.21 bits per heavy atom. The molecule has 0 radical (unpaired) electrons. The number of carbonyl (C=O) groups is 1. The Hall–Kier alpha value is -1.35. The highest BCUT2D eigenvalue weighted by Crippen LogP contribution is 2.38. The second-order valence-corrected chi connectivity index (χ2v) is 7.85. The minimum Gasteiger partial charge on any atom is -0.307 e. The molecule has 1 amide bonds. The fraction of sp³-hybridized carbons (Fsp3) is 0.0667. The molecule has 24 heavy (non-hydrogen) atoms. The number of amides is 1.